The summed E-state index contributed by atoms with van der Waals surface area (Å²) in [6, 6.07) is 17.2. The summed E-state index contributed by atoms with van der Waals surface area (Å²) >= 11 is 0. The van der Waals surface area contributed by atoms with E-state index in [0.717, 1.165) is 11.4 Å². The monoisotopic (exact) mass is 292 g/mol. The van der Waals surface area contributed by atoms with E-state index in [0.29, 0.717) is 5.56 Å². The lowest BCUT2D eigenvalue weighted by Gasteiger charge is -2.19. The SMILES string of the molecule is Cc1ccc(N(C)c2ccc(/C=C(\C#N)C(=O)O)cc2)cc1. The molecule has 110 valence electrons. The first-order valence-electron chi connectivity index (χ1n) is 6.77. The molecular formula is C18H16N2O2. The van der Waals surface area contributed by atoms with Crippen molar-refractivity contribution in [3.05, 3.63) is 65.2 Å². The number of rotatable bonds is 4. The van der Waals surface area contributed by atoms with Crippen LogP contribution in [0.3, 0.4) is 0 Å². The van der Waals surface area contributed by atoms with Crippen LogP contribution in [0, 0.1) is 18.3 Å². The highest BCUT2D eigenvalue weighted by molar-refractivity contribution is 5.96. The molecule has 0 radical (unpaired) electrons. The Balaban J connectivity index is 2.23. The minimum atomic E-state index is -1.22. The molecule has 2 aromatic carbocycles. The number of hydrogen-bond acceptors (Lipinski definition) is 3. The average molecular weight is 292 g/mol. The van der Waals surface area contributed by atoms with Gasteiger partial charge in [0.05, 0.1) is 0 Å². The van der Waals surface area contributed by atoms with Gasteiger partial charge in [0.2, 0.25) is 0 Å². The topological polar surface area (TPSA) is 64.3 Å². The predicted octanol–water partition coefficient (Wildman–Crippen LogP) is 3.75. The molecule has 0 amide bonds. The van der Waals surface area contributed by atoms with Gasteiger partial charge in [-0.1, -0.05) is 29.8 Å². The number of aliphatic carboxylic acids is 1. The van der Waals surface area contributed by atoms with Crippen molar-refractivity contribution in [2.75, 3.05) is 11.9 Å². The van der Waals surface area contributed by atoms with E-state index in [1.54, 1.807) is 18.2 Å². The molecule has 0 aliphatic rings. The maximum absolute atomic E-state index is 10.8. The Morgan fingerprint density at radius 1 is 1.09 bits per heavy atom. The van der Waals surface area contributed by atoms with Crippen LogP contribution < -0.4 is 4.90 Å². The molecule has 0 saturated heterocycles. The number of carbonyl (C=O) groups is 1. The Morgan fingerprint density at radius 3 is 2.05 bits per heavy atom. The van der Waals surface area contributed by atoms with Gasteiger partial charge in [-0.2, -0.15) is 5.26 Å². The molecule has 1 N–H and O–H groups in total. The van der Waals surface area contributed by atoms with E-state index in [2.05, 4.69) is 12.1 Å². The van der Waals surface area contributed by atoms with Crippen molar-refractivity contribution in [3.63, 3.8) is 0 Å². The van der Waals surface area contributed by atoms with Crippen LogP contribution in [0.25, 0.3) is 6.08 Å². The Kier molecular flexibility index (Phi) is 4.60. The number of nitrogens with zero attached hydrogens (tertiary/aromatic N) is 2. The van der Waals surface area contributed by atoms with Crippen molar-refractivity contribution in [2.45, 2.75) is 6.92 Å². The molecule has 0 fully saturated rings. The number of hydrogen-bond donors (Lipinski definition) is 1. The highest BCUT2D eigenvalue weighted by atomic mass is 16.4. The molecule has 2 aromatic rings. The van der Waals surface area contributed by atoms with Crippen LogP contribution in [0.4, 0.5) is 11.4 Å². The quantitative estimate of drug-likeness (QED) is 0.688. The van der Waals surface area contributed by atoms with E-state index < -0.39 is 5.97 Å². The van der Waals surface area contributed by atoms with Crippen molar-refractivity contribution < 1.29 is 9.90 Å². The van der Waals surface area contributed by atoms with E-state index in [1.165, 1.54) is 11.6 Å². The van der Waals surface area contributed by atoms with Crippen molar-refractivity contribution in [1.29, 1.82) is 5.26 Å². The summed E-state index contributed by atoms with van der Waals surface area (Å²) in [5, 5.41) is 17.6. The van der Waals surface area contributed by atoms with Gasteiger partial charge >= 0.3 is 5.97 Å². The molecule has 4 heteroatoms. The standard InChI is InChI=1S/C18H16N2O2/c1-13-3-7-16(8-4-13)20(2)17-9-5-14(6-10-17)11-15(12-19)18(21)22/h3-11H,1-2H3,(H,21,22)/b15-11+. The number of benzene rings is 2. The predicted molar refractivity (Wildman–Crippen MR) is 86.9 cm³/mol. The highest BCUT2D eigenvalue weighted by Crippen LogP contribution is 2.24. The van der Waals surface area contributed by atoms with Gasteiger partial charge in [-0.25, -0.2) is 4.79 Å². The fourth-order valence-corrected chi connectivity index (χ4v) is 2.02. The molecule has 0 aliphatic carbocycles. The van der Waals surface area contributed by atoms with Crippen LogP contribution in [-0.2, 0) is 4.79 Å². The first-order valence-corrected chi connectivity index (χ1v) is 6.77. The number of carboxylic acids is 1. The molecule has 22 heavy (non-hydrogen) atoms. The lowest BCUT2D eigenvalue weighted by molar-refractivity contribution is -0.132. The zero-order valence-corrected chi connectivity index (χ0v) is 12.4. The molecule has 0 aliphatic heterocycles. The molecule has 4 nitrogen and oxygen atoms in total. The summed E-state index contributed by atoms with van der Waals surface area (Å²) in [5.41, 5.74) is 3.65. The van der Waals surface area contributed by atoms with Gasteiger partial charge in [-0.05, 0) is 42.8 Å². The van der Waals surface area contributed by atoms with Crippen molar-refractivity contribution in [2.24, 2.45) is 0 Å². The zero-order chi connectivity index (χ0) is 16.1. The zero-order valence-electron chi connectivity index (χ0n) is 12.4. The number of carboxylic acid groups (broad SMARTS) is 1. The van der Waals surface area contributed by atoms with Crippen molar-refractivity contribution >= 4 is 23.4 Å². The molecule has 0 aromatic heterocycles. The summed E-state index contributed by atoms with van der Waals surface area (Å²) in [4.78, 5) is 12.9. The van der Waals surface area contributed by atoms with Crippen molar-refractivity contribution in [1.82, 2.24) is 0 Å². The van der Waals surface area contributed by atoms with Gasteiger partial charge < -0.3 is 10.0 Å². The second-order valence-electron chi connectivity index (χ2n) is 4.96. The average Bonchev–Trinajstić information content (AvgIpc) is 2.53. The van der Waals surface area contributed by atoms with Crippen LogP contribution in [0.5, 0.6) is 0 Å². The largest absolute Gasteiger partial charge is 0.477 e. The van der Waals surface area contributed by atoms with Gasteiger partial charge in [0.15, 0.2) is 0 Å². The lowest BCUT2D eigenvalue weighted by Crippen LogP contribution is -2.09. The molecule has 0 spiro atoms. The van der Waals surface area contributed by atoms with Crippen LogP contribution >= 0.6 is 0 Å². The molecule has 2 rings (SSSR count). The summed E-state index contributed by atoms with van der Waals surface area (Å²) in [5.74, 6) is -1.22. The first kappa shape index (κ1) is 15.3. The molecule has 0 atom stereocenters. The van der Waals surface area contributed by atoms with E-state index in [-0.39, 0.29) is 5.57 Å². The maximum atomic E-state index is 10.8. The van der Waals surface area contributed by atoms with Gasteiger partial charge in [0, 0.05) is 18.4 Å². The Labute approximate surface area is 129 Å². The van der Waals surface area contributed by atoms with Gasteiger partial charge in [-0.15, -0.1) is 0 Å². The summed E-state index contributed by atoms with van der Waals surface area (Å²) < 4.78 is 0. The highest BCUT2D eigenvalue weighted by Gasteiger charge is 2.07. The van der Waals surface area contributed by atoms with Gasteiger partial charge in [-0.3, -0.25) is 0 Å². The van der Waals surface area contributed by atoms with Gasteiger partial charge in [0.25, 0.3) is 0 Å². The van der Waals surface area contributed by atoms with Crippen LogP contribution in [-0.4, -0.2) is 18.1 Å². The third kappa shape index (κ3) is 3.53. The number of aryl methyl sites for hydroxylation is 1. The lowest BCUT2D eigenvalue weighted by atomic mass is 10.1. The van der Waals surface area contributed by atoms with E-state index >= 15 is 0 Å². The summed E-state index contributed by atoms with van der Waals surface area (Å²) in [6.45, 7) is 2.04. The molecular weight excluding hydrogens is 276 g/mol. The van der Waals surface area contributed by atoms with E-state index in [9.17, 15) is 4.79 Å². The Bertz CT molecular complexity index is 738. The third-order valence-corrected chi connectivity index (χ3v) is 3.36. The summed E-state index contributed by atoms with van der Waals surface area (Å²) in [6.07, 6.45) is 1.36. The van der Waals surface area contributed by atoms with Crippen LogP contribution in [0.2, 0.25) is 0 Å². The van der Waals surface area contributed by atoms with E-state index in [4.69, 9.17) is 10.4 Å². The number of nitriles is 1. The second-order valence-corrected chi connectivity index (χ2v) is 4.96. The maximum Gasteiger partial charge on any atom is 0.346 e. The summed E-state index contributed by atoms with van der Waals surface area (Å²) in [7, 11) is 1.97. The minimum absolute atomic E-state index is 0.278. The molecule has 0 saturated carbocycles. The molecule has 0 bridgehead atoms. The van der Waals surface area contributed by atoms with Crippen molar-refractivity contribution in [3.8, 4) is 6.07 Å². The normalized spacial score (nSPS) is 10.9. The molecule has 0 heterocycles. The molecule has 0 unspecified atom stereocenters. The Hall–Kier alpha value is -3.06. The van der Waals surface area contributed by atoms with Crippen LogP contribution in [0.15, 0.2) is 54.1 Å². The van der Waals surface area contributed by atoms with Crippen LogP contribution in [0.1, 0.15) is 11.1 Å². The second kappa shape index (κ2) is 6.59. The smallest absolute Gasteiger partial charge is 0.346 e. The van der Waals surface area contributed by atoms with E-state index in [1.807, 2.05) is 43.1 Å². The minimum Gasteiger partial charge on any atom is -0.477 e. The fourth-order valence-electron chi connectivity index (χ4n) is 2.02. The number of anilines is 2. The third-order valence-electron chi connectivity index (χ3n) is 3.36. The first-order chi connectivity index (χ1) is 10.5. The Morgan fingerprint density at radius 2 is 1.59 bits per heavy atom. The fraction of sp³-hybridized carbons (Fsp3) is 0.111. The van der Waals surface area contributed by atoms with Gasteiger partial charge in [0.1, 0.15) is 11.6 Å².